The first-order valence-electron chi connectivity index (χ1n) is 10.5. The molecule has 2 aromatic rings. The van der Waals surface area contributed by atoms with Gasteiger partial charge in [-0.25, -0.2) is 4.39 Å². The van der Waals surface area contributed by atoms with Crippen molar-refractivity contribution < 1.29 is 18.7 Å². The molecule has 30 heavy (non-hydrogen) atoms. The smallest absolute Gasteiger partial charge is 0.260 e. The molecule has 1 heterocycles. The SMILES string of the molecule is CC(NC(=O)c1ccc(OCC(=O)N2C(C)CCCC2C)cc1)c1ccc(F)cc1. The second-order valence-electron chi connectivity index (χ2n) is 7.99. The Morgan fingerprint density at radius 2 is 1.67 bits per heavy atom. The summed E-state index contributed by atoms with van der Waals surface area (Å²) in [6.45, 7) is 5.99. The number of carbonyl (C=O) groups excluding carboxylic acids is 2. The Hall–Kier alpha value is -2.89. The van der Waals surface area contributed by atoms with Gasteiger partial charge in [0.25, 0.3) is 11.8 Å². The van der Waals surface area contributed by atoms with Gasteiger partial charge in [-0.1, -0.05) is 12.1 Å². The van der Waals surface area contributed by atoms with Crippen LogP contribution in [0.4, 0.5) is 4.39 Å². The molecule has 3 rings (SSSR count). The van der Waals surface area contributed by atoms with E-state index in [1.807, 2.05) is 11.8 Å². The Morgan fingerprint density at radius 3 is 2.27 bits per heavy atom. The van der Waals surface area contributed by atoms with Crippen molar-refractivity contribution in [1.29, 1.82) is 0 Å². The lowest BCUT2D eigenvalue weighted by atomic mass is 9.97. The van der Waals surface area contributed by atoms with Crippen molar-refractivity contribution in [2.45, 2.75) is 58.2 Å². The van der Waals surface area contributed by atoms with Crippen LogP contribution in [0.25, 0.3) is 0 Å². The molecule has 160 valence electrons. The zero-order valence-corrected chi connectivity index (χ0v) is 17.7. The van der Waals surface area contributed by atoms with Crippen LogP contribution in [-0.2, 0) is 4.79 Å². The van der Waals surface area contributed by atoms with Crippen molar-refractivity contribution in [3.05, 3.63) is 65.5 Å². The molecule has 3 atom stereocenters. The highest BCUT2D eigenvalue weighted by atomic mass is 19.1. The predicted molar refractivity (Wildman–Crippen MR) is 114 cm³/mol. The van der Waals surface area contributed by atoms with Crippen LogP contribution >= 0.6 is 0 Å². The van der Waals surface area contributed by atoms with Crippen molar-refractivity contribution in [2.75, 3.05) is 6.61 Å². The second kappa shape index (κ2) is 9.74. The third kappa shape index (κ3) is 5.38. The molecule has 0 aromatic heterocycles. The Bertz CT molecular complexity index is 857. The summed E-state index contributed by atoms with van der Waals surface area (Å²) in [6, 6.07) is 13.0. The predicted octanol–water partition coefficient (Wildman–Crippen LogP) is 4.49. The van der Waals surface area contributed by atoms with Crippen molar-refractivity contribution in [2.24, 2.45) is 0 Å². The van der Waals surface area contributed by atoms with E-state index in [-0.39, 0.29) is 42.4 Å². The minimum Gasteiger partial charge on any atom is -0.484 e. The van der Waals surface area contributed by atoms with E-state index >= 15 is 0 Å². The lowest BCUT2D eigenvalue weighted by Gasteiger charge is -2.38. The highest BCUT2D eigenvalue weighted by molar-refractivity contribution is 5.94. The van der Waals surface area contributed by atoms with E-state index in [4.69, 9.17) is 4.74 Å². The molecule has 1 saturated heterocycles. The van der Waals surface area contributed by atoms with Gasteiger partial charge in [-0.2, -0.15) is 0 Å². The maximum absolute atomic E-state index is 13.0. The quantitative estimate of drug-likeness (QED) is 0.761. The topological polar surface area (TPSA) is 58.6 Å². The van der Waals surface area contributed by atoms with Crippen molar-refractivity contribution in [1.82, 2.24) is 10.2 Å². The van der Waals surface area contributed by atoms with Gasteiger partial charge in [0.2, 0.25) is 0 Å². The Labute approximate surface area is 177 Å². The van der Waals surface area contributed by atoms with Crippen molar-refractivity contribution >= 4 is 11.8 Å². The van der Waals surface area contributed by atoms with E-state index < -0.39 is 0 Å². The number of benzene rings is 2. The van der Waals surface area contributed by atoms with E-state index in [1.54, 1.807) is 36.4 Å². The van der Waals surface area contributed by atoms with Crippen LogP contribution in [0.15, 0.2) is 48.5 Å². The highest BCUT2D eigenvalue weighted by Gasteiger charge is 2.29. The van der Waals surface area contributed by atoms with Crippen molar-refractivity contribution in [3.63, 3.8) is 0 Å². The number of ether oxygens (including phenoxy) is 1. The van der Waals surface area contributed by atoms with Gasteiger partial charge in [0, 0.05) is 17.6 Å². The van der Waals surface area contributed by atoms with Gasteiger partial charge in [-0.15, -0.1) is 0 Å². The number of amides is 2. The highest BCUT2D eigenvalue weighted by Crippen LogP contribution is 2.23. The zero-order chi connectivity index (χ0) is 21.7. The number of carbonyl (C=O) groups is 2. The standard InChI is InChI=1S/C24H29FN2O3/c1-16-5-4-6-17(2)27(16)23(28)15-30-22-13-9-20(10-14-22)24(29)26-18(3)19-7-11-21(25)12-8-19/h7-14,16-18H,4-6,15H2,1-3H3,(H,26,29). The summed E-state index contributed by atoms with van der Waals surface area (Å²) in [7, 11) is 0. The monoisotopic (exact) mass is 412 g/mol. The molecule has 2 aromatic carbocycles. The molecule has 0 aliphatic carbocycles. The van der Waals surface area contributed by atoms with E-state index in [0.717, 1.165) is 24.8 Å². The average Bonchev–Trinajstić information content (AvgIpc) is 2.73. The average molecular weight is 413 g/mol. The lowest BCUT2D eigenvalue weighted by Crippen LogP contribution is -2.49. The minimum atomic E-state index is -0.310. The molecular formula is C24H29FN2O3. The van der Waals surface area contributed by atoms with E-state index in [0.29, 0.717) is 11.3 Å². The fourth-order valence-electron chi connectivity index (χ4n) is 3.95. The lowest BCUT2D eigenvalue weighted by molar-refractivity contribution is -0.139. The fourth-order valence-corrected chi connectivity index (χ4v) is 3.95. The van der Waals surface area contributed by atoms with Crippen LogP contribution in [0.3, 0.4) is 0 Å². The summed E-state index contributed by atoms with van der Waals surface area (Å²) in [6.07, 6.45) is 3.20. The summed E-state index contributed by atoms with van der Waals surface area (Å²) in [5, 5.41) is 2.89. The van der Waals surface area contributed by atoms with Crippen LogP contribution < -0.4 is 10.1 Å². The number of hydrogen-bond acceptors (Lipinski definition) is 3. The number of piperidine rings is 1. The third-order valence-corrected chi connectivity index (χ3v) is 5.68. The number of nitrogens with one attached hydrogen (secondary N) is 1. The molecule has 1 aliphatic rings. The second-order valence-corrected chi connectivity index (χ2v) is 7.99. The maximum atomic E-state index is 13.0. The van der Waals surface area contributed by atoms with Gasteiger partial charge in [-0.05, 0) is 82.0 Å². The number of nitrogens with zero attached hydrogens (tertiary/aromatic N) is 1. The number of likely N-dealkylation sites (tertiary alicyclic amines) is 1. The maximum Gasteiger partial charge on any atom is 0.260 e. The first-order chi connectivity index (χ1) is 14.3. The molecule has 1 N–H and O–H groups in total. The van der Waals surface area contributed by atoms with Crippen LogP contribution in [0.5, 0.6) is 5.75 Å². The fraction of sp³-hybridized carbons (Fsp3) is 0.417. The first kappa shape index (κ1) is 21.8. The molecule has 3 unspecified atom stereocenters. The molecule has 0 bridgehead atoms. The van der Waals surface area contributed by atoms with Crippen LogP contribution in [0.2, 0.25) is 0 Å². The first-order valence-corrected chi connectivity index (χ1v) is 10.5. The molecule has 0 radical (unpaired) electrons. The molecule has 1 fully saturated rings. The molecule has 1 aliphatic heterocycles. The van der Waals surface area contributed by atoms with Gasteiger partial charge in [0.05, 0.1) is 6.04 Å². The molecule has 0 spiro atoms. The summed E-state index contributed by atoms with van der Waals surface area (Å²) in [4.78, 5) is 26.9. The minimum absolute atomic E-state index is 0.00959. The summed E-state index contributed by atoms with van der Waals surface area (Å²) < 4.78 is 18.7. The van der Waals surface area contributed by atoms with Crippen LogP contribution in [0.1, 0.15) is 62.0 Å². The van der Waals surface area contributed by atoms with Gasteiger partial charge >= 0.3 is 0 Å². The Kier molecular flexibility index (Phi) is 7.08. The largest absolute Gasteiger partial charge is 0.484 e. The Balaban J connectivity index is 1.53. The van der Waals surface area contributed by atoms with Crippen LogP contribution in [-0.4, -0.2) is 35.4 Å². The number of halogens is 1. The van der Waals surface area contributed by atoms with Gasteiger partial charge < -0.3 is 15.0 Å². The van der Waals surface area contributed by atoms with E-state index in [9.17, 15) is 14.0 Å². The molecule has 2 amide bonds. The molecule has 0 saturated carbocycles. The van der Waals surface area contributed by atoms with Crippen molar-refractivity contribution in [3.8, 4) is 5.75 Å². The Morgan fingerprint density at radius 1 is 1.07 bits per heavy atom. The van der Waals surface area contributed by atoms with Gasteiger partial charge in [-0.3, -0.25) is 9.59 Å². The molecule has 5 nitrogen and oxygen atoms in total. The number of hydrogen-bond donors (Lipinski definition) is 1. The van der Waals surface area contributed by atoms with Gasteiger partial charge in [0.15, 0.2) is 6.61 Å². The summed E-state index contributed by atoms with van der Waals surface area (Å²) >= 11 is 0. The summed E-state index contributed by atoms with van der Waals surface area (Å²) in [5.74, 6) is -0.00518. The normalized spacial score (nSPS) is 19.8. The summed E-state index contributed by atoms with van der Waals surface area (Å²) in [5.41, 5.74) is 1.31. The van der Waals surface area contributed by atoms with E-state index in [1.165, 1.54) is 12.1 Å². The molecule has 6 heteroatoms. The zero-order valence-electron chi connectivity index (χ0n) is 17.7. The van der Waals surface area contributed by atoms with Gasteiger partial charge in [0.1, 0.15) is 11.6 Å². The number of rotatable bonds is 6. The van der Waals surface area contributed by atoms with E-state index in [2.05, 4.69) is 19.2 Å². The van der Waals surface area contributed by atoms with Crippen LogP contribution in [0, 0.1) is 5.82 Å². The molecular weight excluding hydrogens is 383 g/mol. The third-order valence-electron chi connectivity index (χ3n) is 5.68.